The van der Waals surface area contributed by atoms with Crippen molar-refractivity contribution in [2.45, 2.75) is 13.1 Å². The van der Waals surface area contributed by atoms with Crippen molar-refractivity contribution in [2.24, 2.45) is 5.73 Å². The first kappa shape index (κ1) is 10.9. The monoisotopic (exact) mass is 269 g/mol. The molecule has 0 aromatic carbocycles. The van der Waals surface area contributed by atoms with Crippen molar-refractivity contribution in [1.82, 2.24) is 5.32 Å². The van der Waals surface area contributed by atoms with Crippen molar-refractivity contribution in [2.75, 3.05) is 7.05 Å². The van der Waals surface area contributed by atoms with E-state index in [2.05, 4.69) is 5.32 Å². The number of halogens is 1. The summed E-state index contributed by atoms with van der Waals surface area (Å²) >= 11 is 0. The van der Waals surface area contributed by atoms with Gasteiger partial charge in [0, 0.05) is 5.57 Å². The lowest BCUT2D eigenvalue weighted by molar-refractivity contribution is -0.736. The number of nitrogens with one attached hydrogen (secondary N) is 2. The Labute approximate surface area is 82.8 Å². The summed E-state index contributed by atoms with van der Waals surface area (Å²) < 4.78 is 0. The van der Waals surface area contributed by atoms with Gasteiger partial charge in [-0.2, -0.15) is 0 Å². The fourth-order valence-corrected chi connectivity index (χ4v) is 0.866. The van der Waals surface area contributed by atoms with Gasteiger partial charge < -0.3 is 29.7 Å². The molecule has 2 atom stereocenters. The summed E-state index contributed by atoms with van der Waals surface area (Å²) in [4.78, 5) is 11.6. The number of amides is 2. The number of urea groups is 1. The van der Waals surface area contributed by atoms with E-state index in [1.54, 1.807) is 7.05 Å². The van der Waals surface area contributed by atoms with E-state index in [1.807, 2.05) is 13.1 Å². The smallest absolute Gasteiger partial charge is 0.420 e. The summed E-state index contributed by atoms with van der Waals surface area (Å²) in [5.41, 5.74) is 6.51. The molecule has 64 valence electrons. The van der Waals surface area contributed by atoms with Crippen molar-refractivity contribution in [3.05, 3.63) is 11.8 Å². The minimum atomic E-state index is -0.295. The van der Waals surface area contributed by atoms with Crippen molar-refractivity contribution < 1.29 is 33.7 Å². The van der Waals surface area contributed by atoms with Crippen LogP contribution in [0.3, 0.4) is 0 Å². The van der Waals surface area contributed by atoms with Crippen LogP contribution in [0.2, 0.25) is 0 Å². The van der Waals surface area contributed by atoms with Crippen LogP contribution in [0.5, 0.6) is 0 Å². The number of carbonyl (C=O) groups is 1. The second-order valence-electron chi connectivity index (χ2n) is 2.52. The molecule has 0 bridgehead atoms. The predicted octanol–water partition coefficient (Wildman–Crippen LogP) is -4.58. The quantitative estimate of drug-likeness (QED) is 0.388. The molecule has 1 aliphatic rings. The summed E-state index contributed by atoms with van der Waals surface area (Å²) in [6.07, 6.45) is 1.51. The third-order valence-corrected chi connectivity index (χ3v) is 1.58. The zero-order valence-corrected chi connectivity index (χ0v) is 8.68. The highest BCUT2D eigenvalue weighted by Gasteiger charge is 2.22. The molecule has 0 aromatic rings. The number of carbonyl (C=O) groups excluding carboxylic acids is 1. The van der Waals surface area contributed by atoms with Gasteiger partial charge in [-0.15, -0.1) is 0 Å². The number of rotatable bonds is 0. The standard InChI is InChI=1S/C6H11N3O.HI/c1-4-3-9(2)6(10)8-5(4)7;/h3,5H,7H2,1-2H3,(H,8,10);1H. The SMILES string of the molecule is CC1=C[NH+](C)C(=O)NC1N.[I-]. The fraction of sp³-hybridized carbons (Fsp3) is 0.500. The van der Waals surface area contributed by atoms with E-state index in [9.17, 15) is 4.79 Å². The van der Waals surface area contributed by atoms with Gasteiger partial charge in [0.25, 0.3) is 0 Å². The molecule has 1 rings (SSSR count). The molecule has 4 N–H and O–H groups in total. The maximum atomic E-state index is 10.9. The van der Waals surface area contributed by atoms with E-state index >= 15 is 0 Å². The Balaban J connectivity index is 0.000001000. The first-order chi connectivity index (χ1) is 4.61. The summed E-state index contributed by atoms with van der Waals surface area (Å²) in [5, 5.41) is 2.61. The second-order valence-corrected chi connectivity index (χ2v) is 2.52. The highest BCUT2D eigenvalue weighted by Crippen LogP contribution is 1.93. The molecule has 0 radical (unpaired) electrons. The van der Waals surface area contributed by atoms with Crippen molar-refractivity contribution in [3.63, 3.8) is 0 Å². The van der Waals surface area contributed by atoms with Crippen LogP contribution in [-0.4, -0.2) is 19.2 Å². The molecule has 2 amide bonds. The third kappa shape index (κ3) is 2.42. The van der Waals surface area contributed by atoms with Crippen molar-refractivity contribution in [3.8, 4) is 0 Å². The summed E-state index contributed by atoms with van der Waals surface area (Å²) in [5.74, 6) is 0. The molecule has 0 fully saturated rings. The Morgan fingerprint density at radius 2 is 2.27 bits per heavy atom. The van der Waals surface area contributed by atoms with Gasteiger partial charge in [-0.1, -0.05) is 0 Å². The normalized spacial score (nSPS) is 30.1. The molecule has 11 heavy (non-hydrogen) atoms. The van der Waals surface area contributed by atoms with E-state index in [-0.39, 0.29) is 36.2 Å². The molecule has 0 saturated carbocycles. The molecule has 0 aliphatic carbocycles. The topological polar surface area (TPSA) is 59.6 Å². The van der Waals surface area contributed by atoms with Crippen molar-refractivity contribution >= 4 is 6.03 Å². The lowest BCUT2D eigenvalue weighted by Gasteiger charge is -2.20. The number of hydrogen-bond donors (Lipinski definition) is 3. The highest BCUT2D eigenvalue weighted by atomic mass is 127. The van der Waals surface area contributed by atoms with Gasteiger partial charge >= 0.3 is 6.03 Å². The van der Waals surface area contributed by atoms with E-state index in [4.69, 9.17) is 5.73 Å². The van der Waals surface area contributed by atoms with E-state index < -0.39 is 0 Å². The Morgan fingerprint density at radius 1 is 1.73 bits per heavy atom. The predicted molar refractivity (Wildman–Crippen MR) is 37.2 cm³/mol. The van der Waals surface area contributed by atoms with Crippen LogP contribution in [0, 0.1) is 0 Å². The molecule has 1 heterocycles. The molecular weight excluding hydrogens is 257 g/mol. The Hall–Kier alpha value is -0.140. The molecular formula is C6H12IN3O. The maximum Gasteiger partial charge on any atom is 0.420 e. The summed E-state index contributed by atoms with van der Waals surface area (Å²) in [7, 11) is 1.77. The average Bonchev–Trinajstić information content (AvgIpc) is 1.84. The lowest BCUT2D eigenvalue weighted by Crippen LogP contribution is -3.10. The fourth-order valence-electron chi connectivity index (χ4n) is 0.866. The van der Waals surface area contributed by atoms with Gasteiger partial charge in [-0.25, -0.2) is 9.69 Å². The van der Waals surface area contributed by atoms with Crippen LogP contribution in [0.15, 0.2) is 11.8 Å². The van der Waals surface area contributed by atoms with Crippen LogP contribution in [0.1, 0.15) is 6.92 Å². The molecule has 0 saturated heterocycles. The summed E-state index contributed by atoms with van der Waals surface area (Å²) in [6, 6.07) is -0.0712. The van der Waals surface area contributed by atoms with Crippen LogP contribution >= 0.6 is 0 Å². The van der Waals surface area contributed by atoms with Crippen LogP contribution in [-0.2, 0) is 0 Å². The number of nitrogens with two attached hydrogens (primary N) is 1. The van der Waals surface area contributed by atoms with Gasteiger partial charge in [0.1, 0.15) is 12.4 Å². The zero-order chi connectivity index (χ0) is 7.72. The first-order valence-electron chi connectivity index (χ1n) is 3.19. The van der Waals surface area contributed by atoms with E-state index in [0.29, 0.717) is 0 Å². The Bertz CT molecular complexity index is 192. The average molecular weight is 269 g/mol. The van der Waals surface area contributed by atoms with Crippen LogP contribution in [0.4, 0.5) is 4.79 Å². The van der Waals surface area contributed by atoms with E-state index in [1.165, 1.54) is 0 Å². The number of quaternary nitrogens is 1. The van der Waals surface area contributed by atoms with Gasteiger partial charge in [0.2, 0.25) is 0 Å². The molecule has 0 aromatic heterocycles. The maximum absolute atomic E-state index is 10.9. The van der Waals surface area contributed by atoms with E-state index in [0.717, 1.165) is 10.5 Å². The molecule has 5 heteroatoms. The lowest BCUT2D eigenvalue weighted by atomic mass is 10.2. The Kier molecular flexibility index (Phi) is 3.98. The van der Waals surface area contributed by atoms with Gasteiger partial charge in [0.15, 0.2) is 0 Å². The van der Waals surface area contributed by atoms with Gasteiger partial charge in [-0.3, -0.25) is 5.32 Å². The summed E-state index contributed by atoms with van der Waals surface area (Å²) in [6.45, 7) is 1.90. The molecule has 0 spiro atoms. The van der Waals surface area contributed by atoms with Crippen LogP contribution < -0.4 is 39.9 Å². The van der Waals surface area contributed by atoms with Crippen molar-refractivity contribution in [1.29, 1.82) is 0 Å². The first-order valence-corrected chi connectivity index (χ1v) is 3.19. The van der Waals surface area contributed by atoms with Crippen LogP contribution in [0.25, 0.3) is 0 Å². The third-order valence-electron chi connectivity index (χ3n) is 1.58. The second kappa shape index (κ2) is 4.03. The zero-order valence-electron chi connectivity index (χ0n) is 6.52. The van der Waals surface area contributed by atoms with Gasteiger partial charge in [0.05, 0.1) is 7.05 Å². The highest BCUT2D eigenvalue weighted by molar-refractivity contribution is 5.66. The minimum absolute atomic E-state index is 0. The largest absolute Gasteiger partial charge is 1.00 e. The number of hydrogen-bond acceptors (Lipinski definition) is 2. The molecule has 1 aliphatic heterocycles. The molecule has 4 nitrogen and oxygen atoms in total. The minimum Gasteiger partial charge on any atom is -1.00 e. The molecule has 2 unspecified atom stereocenters. The van der Waals surface area contributed by atoms with Gasteiger partial charge in [-0.05, 0) is 6.92 Å². The Morgan fingerprint density at radius 3 is 2.73 bits per heavy atom.